The number of carbonyl (C=O) groups is 2. The molecule has 4 heterocycles. The largest absolute Gasteiger partial charge is 0.332 e. The van der Waals surface area contributed by atoms with E-state index < -0.39 is 30.6 Å². The Balaban J connectivity index is 0.00000523. The molecule has 2 aliphatic heterocycles. The molecule has 4 aromatic rings. The first-order valence-electron chi connectivity index (χ1n) is 17.3. The first-order valence-corrected chi connectivity index (χ1v) is 21.9. The molecule has 2 aromatic carbocycles. The minimum atomic E-state index is -4.04. The predicted octanol–water partition coefficient (Wildman–Crippen LogP) is 7.63. The summed E-state index contributed by atoms with van der Waals surface area (Å²) in [7, 11) is -6.27. The summed E-state index contributed by atoms with van der Waals surface area (Å²) in [6.45, 7) is 7.32. The number of rotatable bonds is 11. The van der Waals surface area contributed by atoms with Gasteiger partial charge in [0.1, 0.15) is 8.42 Å². The van der Waals surface area contributed by atoms with Crippen molar-refractivity contribution in [1.82, 2.24) is 10.2 Å². The molecule has 2 amide bonds. The van der Waals surface area contributed by atoms with Gasteiger partial charge in [0.15, 0.2) is 0 Å². The monoisotopic (exact) mass is 803 g/mol. The van der Waals surface area contributed by atoms with E-state index in [2.05, 4.69) is 5.32 Å². The van der Waals surface area contributed by atoms with Crippen molar-refractivity contribution >= 4 is 72.3 Å². The van der Waals surface area contributed by atoms with Gasteiger partial charge in [0.2, 0.25) is 31.5 Å². The SMILES string of the molecule is CNCc1cc(C(Cc2cc(N3CCCCC3=O)c(S(=O)(=O)c3ccccc3)s2)(N2CCCCC2=O)C(C)(C)C)c(S(=O)(=O)c2ccccc2)s1.Cl. The predicted molar refractivity (Wildman–Crippen MR) is 209 cm³/mol. The van der Waals surface area contributed by atoms with Crippen LogP contribution in [0.2, 0.25) is 0 Å². The molecular formula is C38H46ClN3O6S4. The quantitative estimate of drug-likeness (QED) is 0.166. The number of hydrogen-bond donors (Lipinski definition) is 1. The van der Waals surface area contributed by atoms with Crippen LogP contribution in [0.1, 0.15) is 74.6 Å². The molecule has 14 heteroatoms. The van der Waals surface area contributed by atoms with Gasteiger partial charge >= 0.3 is 0 Å². The zero-order valence-electron chi connectivity index (χ0n) is 29.9. The highest BCUT2D eigenvalue weighted by atomic mass is 35.5. The zero-order valence-corrected chi connectivity index (χ0v) is 34.0. The number of benzene rings is 2. The maximum Gasteiger partial charge on any atom is 0.227 e. The number of nitrogens with zero attached hydrogens (tertiary/aromatic N) is 2. The van der Waals surface area contributed by atoms with Gasteiger partial charge in [-0.15, -0.1) is 35.1 Å². The van der Waals surface area contributed by atoms with Crippen LogP contribution in [0.5, 0.6) is 0 Å². The third-order valence-corrected chi connectivity index (χ3v) is 16.8. The summed E-state index contributed by atoms with van der Waals surface area (Å²) in [5.74, 6) is -0.199. The van der Waals surface area contributed by atoms with Crippen LogP contribution in [0.25, 0.3) is 0 Å². The van der Waals surface area contributed by atoms with Gasteiger partial charge < -0.3 is 15.1 Å². The van der Waals surface area contributed by atoms with Crippen LogP contribution in [0, 0.1) is 5.41 Å². The van der Waals surface area contributed by atoms with Crippen molar-refractivity contribution < 1.29 is 26.4 Å². The molecule has 2 aromatic heterocycles. The molecule has 0 radical (unpaired) electrons. The molecular weight excluding hydrogens is 758 g/mol. The highest BCUT2D eigenvalue weighted by Gasteiger charge is 2.54. The Kier molecular flexibility index (Phi) is 12.1. The molecule has 2 fully saturated rings. The van der Waals surface area contributed by atoms with Crippen molar-refractivity contribution in [3.05, 3.63) is 88.1 Å². The summed E-state index contributed by atoms with van der Waals surface area (Å²) in [6.07, 6.45) is 3.79. The lowest BCUT2D eigenvalue weighted by Crippen LogP contribution is -2.59. The van der Waals surface area contributed by atoms with Crippen molar-refractivity contribution in [2.24, 2.45) is 5.41 Å². The number of sulfone groups is 2. The fraction of sp³-hybridized carbons (Fsp3) is 0.421. The summed E-state index contributed by atoms with van der Waals surface area (Å²) in [5.41, 5.74) is -1.07. The number of anilines is 1. The van der Waals surface area contributed by atoms with Crippen LogP contribution in [0.15, 0.2) is 91.0 Å². The van der Waals surface area contributed by atoms with Crippen LogP contribution >= 0.6 is 35.1 Å². The summed E-state index contributed by atoms with van der Waals surface area (Å²) in [4.78, 5) is 32.7. The van der Waals surface area contributed by atoms with Crippen LogP contribution in [0.4, 0.5) is 5.69 Å². The Morgan fingerprint density at radius 1 is 0.712 bits per heavy atom. The summed E-state index contributed by atoms with van der Waals surface area (Å²) >= 11 is 2.31. The molecule has 0 spiro atoms. The maximum absolute atomic E-state index is 14.6. The lowest BCUT2D eigenvalue weighted by molar-refractivity contribution is -0.147. The van der Waals surface area contributed by atoms with Gasteiger partial charge in [0.05, 0.1) is 21.0 Å². The molecule has 280 valence electrons. The molecule has 6 rings (SSSR count). The molecule has 0 saturated carbocycles. The highest BCUT2D eigenvalue weighted by Crippen LogP contribution is 2.54. The van der Waals surface area contributed by atoms with E-state index in [-0.39, 0.29) is 48.9 Å². The molecule has 1 N–H and O–H groups in total. The van der Waals surface area contributed by atoms with E-state index >= 15 is 0 Å². The lowest BCUT2D eigenvalue weighted by Gasteiger charge is -2.54. The Morgan fingerprint density at radius 2 is 1.25 bits per heavy atom. The van der Waals surface area contributed by atoms with Crippen molar-refractivity contribution in [2.75, 3.05) is 25.0 Å². The smallest absolute Gasteiger partial charge is 0.227 e. The third kappa shape index (κ3) is 7.37. The van der Waals surface area contributed by atoms with Crippen LogP contribution in [-0.4, -0.2) is 53.7 Å². The van der Waals surface area contributed by atoms with Crippen LogP contribution < -0.4 is 10.2 Å². The molecule has 2 saturated heterocycles. The van der Waals surface area contributed by atoms with Crippen LogP contribution in [0.3, 0.4) is 0 Å². The second-order valence-corrected chi connectivity index (χ2v) is 20.8. The summed E-state index contributed by atoms with van der Waals surface area (Å²) in [5, 5.41) is 3.16. The Morgan fingerprint density at radius 3 is 1.79 bits per heavy atom. The van der Waals surface area contributed by atoms with Crippen molar-refractivity contribution in [2.45, 2.75) is 96.0 Å². The summed E-state index contributed by atoms with van der Waals surface area (Å²) in [6, 6.07) is 20.3. The van der Waals surface area contributed by atoms with E-state index in [9.17, 15) is 26.4 Å². The molecule has 52 heavy (non-hydrogen) atoms. The average Bonchev–Trinajstić information content (AvgIpc) is 3.74. The zero-order chi connectivity index (χ0) is 36.6. The van der Waals surface area contributed by atoms with Crippen molar-refractivity contribution in [1.29, 1.82) is 0 Å². The maximum atomic E-state index is 14.6. The number of halogens is 1. The fourth-order valence-corrected chi connectivity index (χ4v) is 13.8. The Hall–Kier alpha value is -3.07. The van der Waals surface area contributed by atoms with E-state index in [4.69, 9.17) is 0 Å². The second kappa shape index (κ2) is 15.7. The Labute approximate surface area is 321 Å². The minimum absolute atomic E-state index is 0. The number of carbonyl (C=O) groups excluding carboxylic acids is 2. The van der Waals surface area contributed by atoms with Crippen LogP contribution in [-0.2, 0) is 47.8 Å². The van der Waals surface area contributed by atoms with E-state index in [1.165, 1.54) is 11.3 Å². The fourth-order valence-electron chi connectivity index (χ4n) is 7.40. The number of hydrogen-bond acceptors (Lipinski definition) is 9. The van der Waals surface area contributed by atoms with E-state index in [1.807, 2.05) is 31.7 Å². The van der Waals surface area contributed by atoms with Gasteiger partial charge in [-0.25, -0.2) is 16.8 Å². The average molecular weight is 805 g/mol. The minimum Gasteiger partial charge on any atom is -0.332 e. The van der Waals surface area contributed by atoms with Gasteiger partial charge in [-0.3, -0.25) is 9.59 Å². The number of amides is 2. The first-order chi connectivity index (χ1) is 24.2. The number of nitrogens with one attached hydrogen (secondary N) is 1. The number of thiophene rings is 2. The second-order valence-electron chi connectivity index (χ2n) is 14.3. The van der Waals surface area contributed by atoms with E-state index in [1.54, 1.807) is 78.7 Å². The Bertz CT molecular complexity index is 2130. The molecule has 0 bridgehead atoms. The van der Waals surface area contributed by atoms with Crippen molar-refractivity contribution in [3.8, 4) is 0 Å². The topological polar surface area (TPSA) is 121 Å². The highest BCUT2D eigenvalue weighted by molar-refractivity contribution is 7.94. The molecule has 2 aliphatic rings. The normalized spacial score (nSPS) is 17.2. The standard InChI is InChI=1S/C38H45N3O6S4.ClH/c1-37(2,3)38(41-22-14-12-20-34(41)43,31-23-28(26-39-4)49-35(31)50(44,45)29-15-7-5-8-16-29)25-27-24-32(40-21-13-11-19-33(40)42)36(48-27)51(46,47)30-17-9-6-10-18-30;/h5-10,15-18,23-24,39H,11-14,19-22,25-26H2,1-4H3;1H. The van der Waals surface area contributed by atoms with Crippen molar-refractivity contribution in [3.63, 3.8) is 0 Å². The van der Waals surface area contributed by atoms with Gasteiger partial charge in [0.25, 0.3) is 0 Å². The lowest BCUT2D eigenvalue weighted by atomic mass is 9.66. The van der Waals surface area contributed by atoms with Gasteiger partial charge in [-0.05, 0) is 74.5 Å². The molecule has 1 atom stereocenters. The van der Waals surface area contributed by atoms with Gasteiger partial charge in [0, 0.05) is 54.2 Å². The van der Waals surface area contributed by atoms with E-state index in [0.717, 1.165) is 41.9 Å². The molecule has 1 unspecified atom stereocenters. The number of likely N-dealkylation sites (tertiary alicyclic amines) is 1. The van der Waals surface area contributed by atoms with Gasteiger partial charge in [-0.1, -0.05) is 57.2 Å². The third-order valence-electron chi connectivity index (χ3n) is 9.94. The van der Waals surface area contributed by atoms with Gasteiger partial charge in [-0.2, -0.15) is 0 Å². The molecule has 9 nitrogen and oxygen atoms in total. The molecule has 0 aliphatic carbocycles. The first kappa shape index (κ1) is 40.1. The van der Waals surface area contributed by atoms with E-state index in [0.29, 0.717) is 48.6 Å². The number of piperidine rings is 2. The summed E-state index contributed by atoms with van der Waals surface area (Å²) < 4.78 is 58.2.